The van der Waals surface area contributed by atoms with Crippen LogP contribution in [0, 0.1) is 11.6 Å². The molecular weight excluding hydrogens is 454 g/mol. The fourth-order valence-electron chi connectivity index (χ4n) is 2.08. The van der Waals surface area contributed by atoms with Gasteiger partial charge in [0.2, 0.25) is 0 Å². The van der Waals surface area contributed by atoms with Crippen LogP contribution in [0.25, 0.3) is 0 Å². The smallest absolute Gasteiger partial charge is 0.150 e. The standard InChI is InChI=1S/C16H14Br2F2O2S/c17-13-3-1-11(15(19)9-13)5-7-23(21,22)8-6-12-2-4-14(18)10-16(12)20/h1-4,9-10H,5-8H2. The molecule has 23 heavy (non-hydrogen) atoms. The highest BCUT2D eigenvalue weighted by Gasteiger charge is 2.14. The number of benzene rings is 2. The van der Waals surface area contributed by atoms with E-state index in [1.54, 1.807) is 24.3 Å². The number of rotatable bonds is 6. The minimum Gasteiger partial charge on any atom is -0.229 e. The highest BCUT2D eigenvalue weighted by Crippen LogP contribution is 2.18. The molecule has 7 heteroatoms. The third-order valence-corrected chi connectivity index (χ3v) is 6.03. The van der Waals surface area contributed by atoms with Crippen LogP contribution in [0.15, 0.2) is 45.3 Å². The molecule has 2 rings (SSSR count). The fraction of sp³-hybridized carbons (Fsp3) is 0.250. The van der Waals surface area contributed by atoms with E-state index in [1.807, 2.05) is 0 Å². The molecule has 0 N–H and O–H groups in total. The second kappa shape index (κ2) is 7.85. The highest BCUT2D eigenvalue weighted by molar-refractivity contribution is 9.10. The molecular formula is C16H14Br2F2O2S. The summed E-state index contributed by atoms with van der Waals surface area (Å²) in [4.78, 5) is 0. The quantitative estimate of drug-likeness (QED) is 0.617. The van der Waals surface area contributed by atoms with Gasteiger partial charge in [0.05, 0.1) is 11.5 Å². The Morgan fingerprint density at radius 1 is 0.783 bits per heavy atom. The second-order valence-corrected chi connectivity index (χ2v) is 9.26. The van der Waals surface area contributed by atoms with E-state index in [1.165, 1.54) is 12.1 Å². The van der Waals surface area contributed by atoms with E-state index in [2.05, 4.69) is 31.9 Å². The van der Waals surface area contributed by atoms with Crippen molar-refractivity contribution in [2.24, 2.45) is 0 Å². The molecule has 0 aromatic heterocycles. The predicted molar refractivity (Wildman–Crippen MR) is 94.3 cm³/mol. The van der Waals surface area contributed by atoms with Gasteiger partial charge < -0.3 is 0 Å². The van der Waals surface area contributed by atoms with E-state index in [0.29, 0.717) is 20.1 Å². The number of aryl methyl sites for hydroxylation is 2. The van der Waals surface area contributed by atoms with Crippen molar-refractivity contribution in [1.82, 2.24) is 0 Å². The zero-order valence-corrected chi connectivity index (χ0v) is 16.0. The molecule has 0 aliphatic carbocycles. The van der Waals surface area contributed by atoms with Crippen LogP contribution in [0.1, 0.15) is 11.1 Å². The lowest BCUT2D eigenvalue weighted by Gasteiger charge is -2.07. The van der Waals surface area contributed by atoms with Crippen molar-refractivity contribution in [3.63, 3.8) is 0 Å². The molecule has 0 amide bonds. The molecule has 0 unspecified atom stereocenters. The van der Waals surface area contributed by atoms with Gasteiger partial charge >= 0.3 is 0 Å². The number of hydrogen-bond acceptors (Lipinski definition) is 2. The first-order chi connectivity index (χ1) is 10.8. The first-order valence-electron chi connectivity index (χ1n) is 6.85. The highest BCUT2D eigenvalue weighted by atomic mass is 79.9. The molecule has 0 radical (unpaired) electrons. The molecule has 0 heterocycles. The van der Waals surface area contributed by atoms with Crippen LogP contribution in [0.3, 0.4) is 0 Å². The molecule has 0 fully saturated rings. The van der Waals surface area contributed by atoms with Crippen molar-refractivity contribution >= 4 is 41.7 Å². The van der Waals surface area contributed by atoms with Crippen molar-refractivity contribution in [3.8, 4) is 0 Å². The van der Waals surface area contributed by atoms with Crippen molar-refractivity contribution in [1.29, 1.82) is 0 Å². The topological polar surface area (TPSA) is 34.1 Å². The lowest BCUT2D eigenvalue weighted by atomic mass is 10.1. The van der Waals surface area contributed by atoms with E-state index in [9.17, 15) is 17.2 Å². The monoisotopic (exact) mass is 466 g/mol. The molecule has 0 spiro atoms. The Hall–Kier alpha value is -0.790. The molecule has 2 nitrogen and oxygen atoms in total. The third kappa shape index (κ3) is 5.65. The number of sulfone groups is 1. The van der Waals surface area contributed by atoms with E-state index in [-0.39, 0.29) is 24.3 Å². The number of hydrogen-bond donors (Lipinski definition) is 0. The molecule has 0 aliphatic rings. The van der Waals surface area contributed by atoms with E-state index < -0.39 is 21.5 Å². The third-order valence-electron chi connectivity index (χ3n) is 3.40. The molecule has 0 saturated carbocycles. The minimum atomic E-state index is -3.39. The van der Waals surface area contributed by atoms with Crippen LogP contribution in [0.5, 0.6) is 0 Å². The van der Waals surface area contributed by atoms with Gasteiger partial charge in [-0.3, -0.25) is 0 Å². The van der Waals surface area contributed by atoms with Crippen molar-refractivity contribution in [2.45, 2.75) is 12.8 Å². The average molecular weight is 468 g/mol. The summed E-state index contributed by atoms with van der Waals surface area (Å²) in [6.07, 6.45) is 0.203. The Labute approximate surface area is 151 Å². The van der Waals surface area contributed by atoms with Gasteiger partial charge in [0.1, 0.15) is 11.6 Å². The van der Waals surface area contributed by atoms with Crippen LogP contribution in [0.2, 0.25) is 0 Å². The Morgan fingerprint density at radius 2 is 1.17 bits per heavy atom. The summed E-state index contributed by atoms with van der Waals surface area (Å²) in [7, 11) is -3.39. The van der Waals surface area contributed by atoms with Gasteiger partial charge in [-0.25, -0.2) is 17.2 Å². The summed E-state index contributed by atoms with van der Waals surface area (Å²) in [5, 5.41) is 0. The maximum atomic E-state index is 13.7. The Kier molecular flexibility index (Phi) is 6.33. The Bertz CT molecular complexity index is 746. The first kappa shape index (κ1) is 18.5. The maximum absolute atomic E-state index is 13.7. The molecule has 124 valence electrons. The van der Waals surface area contributed by atoms with E-state index >= 15 is 0 Å². The molecule has 0 saturated heterocycles. The minimum absolute atomic E-state index is 0.101. The molecule has 2 aromatic rings. The van der Waals surface area contributed by atoms with Crippen LogP contribution < -0.4 is 0 Å². The van der Waals surface area contributed by atoms with E-state index in [4.69, 9.17) is 0 Å². The maximum Gasteiger partial charge on any atom is 0.150 e. The second-order valence-electron chi connectivity index (χ2n) is 5.12. The fourth-order valence-corrected chi connectivity index (χ4v) is 4.01. The summed E-state index contributed by atoms with van der Waals surface area (Å²) in [6.45, 7) is 0. The molecule has 2 aromatic carbocycles. The number of halogens is 4. The normalized spacial score (nSPS) is 11.7. The largest absolute Gasteiger partial charge is 0.229 e. The van der Waals surface area contributed by atoms with Gasteiger partial charge in [0.15, 0.2) is 9.84 Å². The molecule has 0 atom stereocenters. The Balaban J connectivity index is 1.96. The van der Waals surface area contributed by atoms with Crippen molar-refractivity contribution in [3.05, 3.63) is 68.1 Å². The van der Waals surface area contributed by atoms with Gasteiger partial charge in [-0.05, 0) is 48.2 Å². The van der Waals surface area contributed by atoms with Gasteiger partial charge in [-0.15, -0.1) is 0 Å². The summed E-state index contributed by atoms with van der Waals surface area (Å²) >= 11 is 6.30. The lowest BCUT2D eigenvalue weighted by Crippen LogP contribution is -2.15. The zero-order valence-electron chi connectivity index (χ0n) is 12.0. The molecule has 0 bridgehead atoms. The molecule has 0 aliphatic heterocycles. The Morgan fingerprint density at radius 3 is 1.52 bits per heavy atom. The van der Waals surface area contributed by atoms with E-state index in [0.717, 1.165) is 0 Å². The van der Waals surface area contributed by atoms with Crippen LogP contribution in [-0.4, -0.2) is 19.9 Å². The average Bonchev–Trinajstić information content (AvgIpc) is 2.45. The van der Waals surface area contributed by atoms with Crippen molar-refractivity contribution < 1.29 is 17.2 Å². The van der Waals surface area contributed by atoms with Gasteiger partial charge in [0, 0.05) is 8.95 Å². The summed E-state index contributed by atoms with van der Waals surface area (Å²) in [5.41, 5.74) is 0.707. The van der Waals surface area contributed by atoms with Crippen LogP contribution >= 0.6 is 31.9 Å². The first-order valence-corrected chi connectivity index (χ1v) is 10.3. The zero-order chi connectivity index (χ0) is 17.0. The summed E-state index contributed by atoms with van der Waals surface area (Å²) in [6, 6.07) is 9.06. The van der Waals surface area contributed by atoms with Gasteiger partial charge in [-0.2, -0.15) is 0 Å². The van der Waals surface area contributed by atoms with Gasteiger partial charge in [-0.1, -0.05) is 44.0 Å². The SMILES string of the molecule is O=S(=O)(CCc1ccc(Br)cc1F)CCc1ccc(Br)cc1F. The van der Waals surface area contributed by atoms with Gasteiger partial charge in [0.25, 0.3) is 0 Å². The van der Waals surface area contributed by atoms with Crippen LogP contribution in [0.4, 0.5) is 8.78 Å². The summed E-state index contributed by atoms with van der Waals surface area (Å²) in [5.74, 6) is -1.20. The predicted octanol–water partition coefficient (Wildman–Crippen LogP) is 4.69. The lowest BCUT2D eigenvalue weighted by molar-refractivity contribution is 0.587. The van der Waals surface area contributed by atoms with Crippen LogP contribution in [-0.2, 0) is 22.7 Å². The van der Waals surface area contributed by atoms with Crippen molar-refractivity contribution in [2.75, 3.05) is 11.5 Å². The summed E-state index contributed by atoms with van der Waals surface area (Å²) < 4.78 is 52.7.